The predicted octanol–water partition coefficient (Wildman–Crippen LogP) is 2.57. The maximum Gasteiger partial charge on any atom is 0.240 e. The van der Waals surface area contributed by atoms with Gasteiger partial charge >= 0.3 is 0 Å². The predicted molar refractivity (Wildman–Crippen MR) is 102 cm³/mol. The van der Waals surface area contributed by atoms with Crippen molar-refractivity contribution in [3.05, 3.63) is 29.3 Å². The van der Waals surface area contributed by atoms with E-state index in [1.54, 1.807) is 24.3 Å². The minimum atomic E-state index is -3.51. The molecule has 2 fully saturated rings. The van der Waals surface area contributed by atoms with Gasteiger partial charge in [0.05, 0.1) is 4.90 Å². The average Bonchev–Trinajstić information content (AvgIpc) is 2.62. The van der Waals surface area contributed by atoms with Gasteiger partial charge in [0.1, 0.15) is 0 Å². The third-order valence-corrected chi connectivity index (χ3v) is 7.24. The smallest absolute Gasteiger partial charge is 0.240 e. The molecule has 1 saturated heterocycles. The highest BCUT2D eigenvalue weighted by atomic mass is 35.5. The molecular formula is C18H28ClN3O2S. The maximum atomic E-state index is 12.8. The summed E-state index contributed by atoms with van der Waals surface area (Å²) < 4.78 is 28.5. The van der Waals surface area contributed by atoms with Gasteiger partial charge in [-0.3, -0.25) is 4.90 Å². The normalized spacial score (nSPS) is 26.6. The number of benzene rings is 1. The van der Waals surface area contributed by atoms with Crippen LogP contribution in [0.2, 0.25) is 5.02 Å². The number of rotatable bonds is 5. The minimum Gasteiger partial charge on any atom is -0.301 e. The Hall–Kier alpha value is -0.660. The van der Waals surface area contributed by atoms with Gasteiger partial charge in [-0.05, 0) is 43.7 Å². The molecule has 0 radical (unpaired) electrons. The van der Waals surface area contributed by atoms with Crippen LogP contribution in [0.5, 0.6) is 0 Å². The third-order valence-electron chi connectivity index (χ3n) is 5.48. The third kappa shape index (κ3) is 4.74. The lowest BCUT2D eigenvalue weighted by Gasteiger charge is -2.44. The summed E-state index contributed by atoms with van der Waals surface area (Å²) in [4.78, 5) is 5.23. The van der Waals surface area contributed by atoms with Crippen molar-refractivity contribution < 1.29 is 8.42 Å². The Labute approximate surface area is 156 Å². The van der Waals surface area contributed by atoms with Gasteiger partial charge in [-0.1, -0.05) is 31.4 Å². The highest BCUT2D eigenvalue weighted by Gasteiger charge is 2.34. The molecule has 3 rings (SSSR count). The lowest BCUT2D eigenvalue weighted by molar-refractivity contribution is 0.0685. The standard InChI is InChI=1S/C18H28ClN3O2S/c1-2-21-11-13-22(14-12-21)18-6-4-3-5-17(18)20-25(23,24)16-9-7-15(19)8-10-16/h7-10,17-18,20H,2-6,11-14H2,1H3. The van der Waals surface area contributed by atoms with Gasteiger partial charge in [0.25, 0.3) is 0 Å². The molecule has 1 N–H and O–H groups in total. The number of halogens is 1. The van der Waals surface area contributed by atoms with Gasteiger partial charge in [0.15, 0.2) is 0 Å². The first-order valence-corrected chi connectivity index (χ1v) is 11.1. The topological polar surface area (TPSA) is 52.6 Å². The van der Waals surface area contributed by atoms with E-state index in [-0.39, 0.29) is 10.9 Å². The summed E-state index contributed by atoms with van der Waals surface area (Å²) in [7, 11) is -3.51. The summed E-state index contributed by atoms with van der Waals surface area (Å²) in [5.74, 6) is 0. The molecule has 5 nitrogen and oxygen atoms in total. The molecule has 7 heteroatoms. The molecule has 2 atom stereocenters. The summed E-state index contributed by atoms with van der Waals surface area (Å²) in [6, 6.07) is 6.68. The number of piperazine rings is 1. The number of nitrogens with zero attached hydrogens (tertiary/aromatic N) is 2. The van der Waals surface area contributed by atoms with Crippen LogP contribution in [0.1, 0.15) is 32.6 Å². The molecule has 140 valence electrons. The monoisotopic (exact) mass is 385 g/mol. The van der Waals surface area contributed by atoms with Crippen molar-refractivity contribution >= 4 is 21.6 Å². The van der Waals surface area contributed by atoms with Gasteiger partial charge in [-0.15, -0.1) is 0 Å². The average molecular weight is 386 g/mol. The fourth-order valence-electron chi connectivity index (χ4n) is 3.98. The first kappa shape index (κ1) is 19.1. The van der Waals surface area contributed by atoms with E-state index in [1.807, 2.05) is 0 Å². The Balaban J connectivity index is 1.69. The molecule has 1 aromatic rings. The van der Waals surface area contributed by atoms with Gasteiger partial charge in [0, 0.05) is 43.3 Å². The largest absolute Gasteiger partial charge is 0.301 e. The van der Waals surface area contributed by atoms with Crippen molar-refractivity contribution in [2.24, 2.45) is 0 Å². The number of hydrogen-bond acceptors (Lipinski definition) is 4. The second-order valence-corrected chi connectivity index (χ2v) is 9.15. The van der Waals surface area contributed by atoms with Crippen molar-refractivity contribution in [2.75, 3.05) is 32.7 Å². The quantitative estimate of drug-likeness (QED) is 0.846. The maximum absolute atomic E-state index is 12.8. The Bertz CT molecular complexity index is 657. The zero-order valence-corrected chi connectivity index (χ0v) is 16.4. The lowest BCUT2D eigenvalue weighted by Crippen LogP contribution is -2.58. The van der Waals surface area contributed by atoms with Crippen LogP contribution in [-0.4, -0.2) is 63.0 Å². The van der Waals surface area contributed by atoms with Crippen molar-refractivity contribution in [3.8, 4) is 0 Å². The van der Waals surface area contributed by atoms with Crippen LogP contribution in [0, 0.1) is 0 Å². The van der Waals surface area contributed by atoms with Crippen LogP contribution < -0.4 is 4.72 Å². The van der Waals surface area contributed by atoms with Crippen LogP contribution in [0.3, 0.4) is 0 Å². The molecule has 1 aromatic carbocycles. The van der Waals surface area contributed by atoms with E-state index in [0.29, 0.717) is 11.1 Å². The van der Waals surface area contributed by atoms with Crippen LogP contribution in [0.25, 0.3) is 0 Å². The molecule has 1 saturated carbocycles. The summed E-state index contributed by atoms with van der Waals surface area (Å²) in [5, 5.41) is 0.545. The molecule has 0 aromatic heterocycles. The molecule has 0 amide bonds. The van der Waals surface area contributed by atoms with Gasteiger partial charge < -0.3 is 4.90 Å². The van der Waals surface area contributed by atoms with Crippen LogP contribution in [0.4, 0.5) is 0 Å². The Morgan fingerprint density at radius 3 is 2.36 bits per heavy atom. The highest BCUT2D eigenvalue weighted by molar-refractivity contribution is 7.89. The molecule has 1 aliphatic heterocycles. The number of sulfonamides is 1. The number of likely N-dealkylation sites (N-methyl/N-ethyl adjacent to an activating group) is 1. The Morgan fingerprint density at radius 2 is 1.72 bits per heavy atom. The fourth-order valence-corrected chi connectivity index (χ4v) is 5.41. The summed E-state index contributed by atoms with van der Waals surface area (Å²) >= 11 is 5.88. The van der Waals surface area contributed by atoms with Crippen molar-refractivity contribution in [1.82, 2.24) is 14.5 Å². The van der Waals surface area contributed by atoms with Crippen LogP contribution in [0.15, 0.2) is 29.2 Å². The second kappa shape index (κ2) is 8.35. The molecule has 1 heterocycles. The Kier molecular flexibility index (Phi) is 6.39. The molecular weight excluding hydrogens is 358 g/mol. The number of nitrogens with one attached hydrogen (secondary N) is 1. The lowest BCUT2D eigenvalue weighted by atomic mass is 9.89. The molecule has 2 unspecified atom stereocenters. The Morgan fingerprint density at radius 1 is 1.08 bits per heavy atom. The van der Waals surface area contributed by atoms with Gasteiger partial charge in [-0.25, -0.2) is 13.1 Å². The zero-order valence-electron chi connectivity index (χ0n) is 14.8. The van der Waals surface area contributed by atoms with E-state index in [2.05, 4.69) is 21.4 Å². The molecule has 0 spiro atoms. The molecule has 1 aliphatic carbocycles. The summed E-state index contributed by atoms with van der Waals surface area (Å²) in [6.45, 7) is 7.48. The summed E-state index contributed by atoms with van der Waals surface area (Å²) in [6.07, 6.45) is 4.24. The highest BCUT2D eigenvalue weighted by Crippen LogP contribution is 2.26. The van der Waals surface area contributed by atoms with Crippen molar-refractivity contribution in [1.29, 1.82) is 0 Å². The molecule has 25 heavy (non-hydrogen) atoms. The SMILES string of the molecule is CCN1CCN(C2CCCCC2NS(=O)(=O)c2ccc(Cl)cc2)CC1. The molecule has 0 bridgehead atoms. The number of hydrogen-bond donors (Lipinski definition) is 1. The van der Waals surface area contributed by atoms with E-state index in [1.165, 1.54) is 6.42 Å². The van der Waals surface area contributed by atoms with Crippen LogP contribution in [-0.2, 0) is 10.0 Å². The van der Waals surface area contributed by atoms with Crippen LogP contribution >= 0.6 is 11.6 Å². The van der Waals surface area contributed by atoms with E-state index in [4.69, 9.17) is 11.6 Å². The minimum absolute atomic E-state index is 0.0115. The first-order chi connectivity index (χ1) is 12.0. The van der Waals surface area contributed by atoms with Gasteiger partial charge in [0.2, 0.25) is 10.0 Å². The van der Waals surface area contributed by atoms with E-state index < -0.39 is 10.0 Å². The van der Waals surface area contributed by atoms with Gasteiger partial charge in [-0.2, -0.15) is 0 Å². The second-order valence-electron chi connectivity index (χ2n) is 7.00. The fraction of sp³-hybridized carbons (Fsp3) is 0.667. The summed E-state index contributed by atoms with van der Waals surface area (Å²) in [5.41, 5.74) is 0. The first-order valence-electron chi connectivity index (χ1n) is 9.24. The van der Waals surface area contributed by atoms with E-state index >= 15 is 0 Å². The van der Waals surface area contributed by atoms with Crippen molar-refractivity contribution in [2.45, 2.75) is 49.6 Å². The van der Waals surface area contributed by atoms with E-state index in [9.17, 15) is 8.42 Å². The van der Waals surface area contributed by atoms with E-state index in [0.717, 1.165) is 52.0 Å². The zero-order chi connectivity index (χ0) is 17.9. The van der Waals surface area contributed by atoms with Crippen molar-refractivity contribution in [3.63, 3.8) is 0 Å². The molecule has 2 aliphatic rings.